The van der Waals surface area contributed by atoms with Gasteiger partial charge in [-0.2, -0.15) is 0 Å². The first kappa shape index (κ1) is 46.1. The number of carboxylic acids is 1. The summed E-state index contributed by atoms with van der Waals surface area (Å²) in [7, 11) is 1.62. The van der Waals surface area contributed by atoms with Crippen LogP contribution in [0.3, 0.4) is 0 Å². The van der Waals surface area contributed by atoms with Gasteiger partial charge >= 0.3 is 5.97 Å². The lowest BCUT2D eigenvalue weighted by Crippen LogP contribution is -2.68. The van der Waals surface area contributed by atoms with E-state index in [-0.39, 0.29) is 18.8 Å². The predicted molar refractivity (Wildman–Crippen MR) is 198 cm³/mol. The molecule has 13 N–H and O–H groups in total. The van der Waals surface area contributed by atoms with Gasteiger partial charge < -0.3 is 67.6 Å². The first-order chi connectivity index (χ1) is 24.4. The molecule has 2 heterocycles. The molecule has 1 aliphatic carbocycles. The molecule has 1 saturated carbocycles. The van der Waals surface area contributed by atoms with E-state index in [0.29, 0.717) is 25.8 Å². The van der Waals surface area contributed by atoms with Crippen LogP contribution in [0.25, 0.3) is 0 Å². The van der Waals surface area contributed by atoms with E-state index in [0.717, 1.165) is 19.3 Å². The second kappa shape index (κ2) is 25.1. The van der Waals surface area contributed by atoms with Crippen molar-refractivity contribution in [2.75, 3.05) is 20.2 Å². The average Bonchev–Trinajstić information content (AvgIpc) is 3.08. The zero-order valence-electron chi connectivity index (χ0n) is 31.8. The van der Waals surface area contributed by atoms with Crippen molar-refractivity contribution in [2.24, 2.45) is 22.9 Å². The lowest BCUT2D eigenvalue weighted by molar-refractivity contribution is -0.306. The van der Waals surface area contributed by atoms with Gasteiger partial charge in [-0.3, -0.25) is 4.79 Å². The van der Waals surface area contributed by atoms with Crippen molar-refractivity contribution in [3.63, 3.8) is 0 Å². The van der Waals surface area contributed by atoms with Crippen LogP contribution in [0.2, 0.25) is 0 Å². The Morgan fingerprint density at radius 2 is 1.27 bits per heavy atom. The summed E-state index contributed by atoms with van der Waals surface area (Å²) in [5, 5.41) is 43.5. The van der Waals surface area contributed by atoms with Gasteiger partial charge in [-0.05, 0) is 39.7 Å². The molecule has 14 heteroatoms. The molecule has 3 aliphatic rings. The minimum Gasteiger partial charge on any atom is -0.481 e. The monoisotopic (exact) mass is 734 g/mol. The van der Waals surface area contributed by atoms with Gasteiger partial charge in [-0.15, -0.1) is 0 Å². The second-order valence-electron chi connectivity index (χ2n) is 15.2. The zero-order chi connectivity index (χ0) is 37.8. The van der Waals surface area contributed by atoms with Gasteiger partial charge in [0.2, 0.25) is 0 Å². The maximum Gasteiger partial charge on any atom is 0.303 e. The van der Waals surface area contributed by atoms with Crippen LogP contribution < -0.4 is 28.3 Å². The molecule has 0 unspecified atom stereocenters. The summed E-state index contributed by atoms with van der Waals surface area (Å²) >= 11 is 0. The third-order valence-electron chi connectivity index (χ3n) is 10.5. The highest BCUT2D eigenvalue weighted by Crippen LogP contribution is 2.31. The van der Waals surface area contributed by atoms with Crippen LogP contribution in [0, 0.1) is 0 Å². The van der Waals surface area contributed by atoms with Crippen LogP contribution >= 0.6 is 0 Å². The first-order valence-corrected chi connectivity index (χ1v) is 19.9. The summed E-state index contributed by atoms with van der Waals surface area (Å²) in [6.07, 6.45) is 15.7. The second-order valence-corrected chi connectivity index (χ2v) is 15.2. The topological polar surface area (TPSA) is 251 Å². The third kappa shape index (κ3) is 16.5. The SMILES string of the molecule is CCCCCCCCCCCCCCCCCC(=O)O.CN[C@@H]1[C@H](O)[C@@H](O[C@@H]2[C@H](O)[C@H](O[C@H]3O[C@H](CN)CC[C@H]3N)[C@@H](N)C[C@H]2N)OC[C@]1(C)O. The number of nitrogens with one attached hydrogen (secondary N) is 1. The Kier molecular flexibility index (Phi) is 22.7. The molecule has 51 heavy (non-hydrogen) atoms. The van der Waals surface area contributed by atoms with E-state index in [2.05, 4.69) is 12.2 Å². The van der Waals surface area contributed by atoms with Crippen LogP contribution in [0.15, 0.2) is 0 Å². The van der Waals surface area contributed by atoms with Gasteiger partial charge in [-0.25, -0.2) is 0 Å². The van der Waals surface area contributed by atoms with Gasteiger partial charge in [0, 0.05) is 25.0 Å². The van der Waals surface area contributed by atoms with Crippen molar-refractivity contribution in [3.05, 3.63) is 0 Å². The van der Waals surface area contributed by atoms with Crippen LogP contribution in [0.5, 0.6) is 0 Å². The molecule has 2 aliphatic heterocycles. The Morgan fingerprint density at radius 3 is 1.75 bits per heavy atom. The standard InChI is InChI=1S/C19H39N5O7.C18H36O2/c1-19(27)7-28-18(13(26)16(19)24-2)31-15-11(23)5-10(22)14(12(15)25)30-17-9(21)4-3-8(6-20)29-17;1-2-3-4-5-6-7-8-9-10-11-12-13-14-15-16-17-18(19)20/h8-18,24-27H,3-7,20-23H2,1-2H3;2-17H2,1H3,(H,19,20)/t8-,9+,10-,11+,12+,13-,14+,15-,16+,17+,18+,19-;/m0./s1. The van der Waals surface area contributed by atoms with Gasteiger partial charge in [-0.1, -0.05) is 96.8 Å². The van der Waals surface area contributed by atoms with Crippen molar-refractivity contribution in [1.82, 2.24) is 5.32 Å². The molecule has 3 fully saturated rings. The number of ether oxygens (including phenoxy) is 4. The fourth-order valence-corrected chi connectivity index (χ4v) is 7.34. The number of aliphatic hydroxyl groups is 3. The highest BCUT2D eigenvalue weighted by Gasteiger charge is 2.50. The largest absolute Gasteiger partial charge is 0.481 e. The van der Waals surface area contributed by atoms with Crippen molar-refractivity contribution < 1.29 is 44.2 Å². The van der Waals surface area contributed by atoms with Crippen LogP contribution in [0.4, 0.5) is 0 Å². The predicted octanol–water partition coefficient (Wildman–Crippen LogP) is 2.36. The lowest BCUT2D eigenvalue weighted by atomic mass is 9.84. The molecule has 0 aromatic rings. The van der Waals surface area contributed by atoms with Gasteiger partial charge in [0.15, 0.2) is 12.6 Å². The van der Waals surface area contributed by atoms with E-state index in [4.69, 9.17) is 47.0 Å². The van der Waals surface area contributed by atoms with Crippen molar-refractivity contribution in [3.8, 4) is 0 Å². The molecule has 0 bridgehead atoms. The van der Waals surface area contributed by atoms with Gasteiger partial charge in [0.25, 0.3) is 0 Å². The fourth-order valence-electron chi connectivity index (χ4n) is 7.34. The third-order valence-corrected chi connectivity index (χ3v) is 10.5. The quantitative estimate of drug-likeness (QED) is 0.0725. The number of carboxylic acid groups (broad SMARTS) is 1. The number of nitrogens with two attached hydrogens (primary N) is 4. The summed E-state index contributed by atoms with van der Waals surface area (Å²) in [6, 6.07) is -2.26. The Morgan fingerprint density at radius 1 is 0.784 bits per heavy atom. The molecular formula is C37H75N5O9. The lowest BCUT2D eigenvalue weighted by Gasteiger charge is -2.48. The van der Waals surface area contributed by atoms with Crippen molar-refractivity contribution >= 4 is 5.97 Å². The highest BCUT2D eigenvalue weighted by atomic mass is 16.7. The fraction of sp³-hybridized carbons (Fsp3) is 0.973. The summed E-state index contributed by atoms with van der Waals surface area (Å²) in [5.74, 6) is -0.653. The minimum atomic E-state index is -1.29. The number of likely N-dealkylation sites (N-methyl/N-ethyl adjacent to an activating group) is 1. The van der Waals surface area contributed by atoms with Crippen molar-refractivity contribution in [2.45, 2.75) is 209 Å². The molecule has 0 aromatic carbocycles. The summed E-state index contributed by atoms with van der Waals surface area (Å²) in [6.45, 7) is 4.10. The van der Waals surface area contributed by atoms with E-state index in [1.54, 1.807) is 14.0 Å². The maximum atomic E-state index is 11.0. The van der Waals surface area contributed by atoms with Crippen LogP contribution in [0.1, 0.15) is 136 Å². The first-order valence-electron chi connectivity index (χ1n) is 19.9. The number of aliphatic carboxylic acids is 1. The Labute approximate surface area is 307 Å². The number of unbranched alkanes of at least 4 members (excludes halogenated alkanes) is 14. The molecule has 0 amide bonds. The number of carbonyl (C=O) groups is 1. The van der Waals surface area contributed by atoms with E-state index in [1.165, 1.54) is 83.5 Å². The summed E-state index contributed by atoms with van der Waals surface area (Å²) in [4.78, 5) is 10.3. The Bertz CT molecular complexity index is 922. The number of rotatable bonds is 22. The molecule has 0 radical (unpaired) electrons. The molecule has 302 valence electrons. The zero-order valence-corrected chi connectivity index (χ0v) is 31.8. The minimum absolute atomic E-state index is 0.0665. The van der Waals surface area contributed by atoms with E-state index >= 15 is 0 Å². The molecule has 3 rings (SSSR count). The van der Waals surface area contributed by atoms with E-state index in [9.17, 15) is 20.1 Å². The van der Waals surface area contributed by atoms with Crippen molar-refractivity contribution in [1.29, 1.82) is 0 Å². The molecule has 0 aromatic heterocycles. The molecule has 0 spiro atoms. The van der Waals surface area contributed by atoms with Gasteiger partial charge in [0.1, 0.15) is 30.0 Å². The molecule has 14 nitrogen and oxygen atoms in total. The Hall–Kier alpha value is -1.01. The number of hydrogen-bond acceptors (Lipinski definition) is 13. The number of hydrogen-bond donors (Lipinski definition) is 9. The molecular weight excluding hydrogens is 658 g/mol. The van der Waals surface area contributed by atoms with Crippen LogP contribution in [-0.4, -0.2) is 119 Å². The normalized spacial score (nSPS) is 35.6. The van der Waals surface area contributed by atoms with E-state index in [1.807, 2.05) is 0 Å². The highest BCUT2D eigenvalue weighted by molar-refractivity contribution is 5.66. The average molecular weight is 734 g/mol. The molecule has 2 saturated heterocycles. The summed E-state index contributed by atoms with van der Waals surface area (Å²) in [5.41, 5.74) is 23.0. The maximum absolute atomic E-state index is 11.0. The Balaban J connectivity index is 0.000000392. The van der Waals surface area contributed by atoms with Crippen LogP contribution in [-0.2, 0) is 23.7 Å². The smallest absolute Gasteiger partial charge is 0.303 e. The summed E-state index contributed by atoms with van der Waals surface area (Å²) < 4.78 is 23.3. The van der Waals surface area contributed by atoms with Gasteiger partial charge in [0.05, 0.1) is 24.8 Å². The van der Waals surface area contributed by atoms with E-state index < -0.39 is 66.7 Å². The number of aliphatic hydroxyl groups excluding tert-OH is 2. The molecule has 12 atom stereocenters.